The molecule has 41 heavy (non-hydrogen) atoms. The van der Waals surface area contributed by atoms with E-state index < -0.39 is 63.6 Å². The normalized spacial score (nSPS) is 14.6. The van der Waals surface area contributed by atoms with Gasteiger partial charge in [-0.15, -0.1) is 11.3 Å². The molecule has 3 rings (SSSR count). The number of hydrogen-bond donors (Lipinski definition) is 5. The molecule has 222 valence electrons. The lowest BCUT2D eigenvalue weighted by atomic mass is 9.83. The summed E-state index contributed by atoms with van der Waals surface area (Å²) in [4.78, 5) is 30.0. The summed E-state index contributed by atoms with van der Waals surface area (Å²) < 4.78 is 52.9. The second-order valence-electron chi connectivity index (χ2n) is 9.93. The lowest BCUT2D eigenvalue weighted by Gasteiger charge is -2.33. The topological polar surface area (TPSA) is 158 Å². The molecule has 0 spiro atoms. The molecule has 0 saturated heterocycles. The van der Waals surface area contributed by atoms with Crippen LogP contribution in [0.15, 0.2) is 53.9 Å². The van der Waals surface area contributed by atoms with Gasteiger partial charge in [0.1, 0.15) is 23.4 Å². The molecule has 3 aromatic rings. The summed E-state index contributed by atoms with van der Waals surface area (Å²) in [6, 6.07) is 10.5. The molecule has 2 amide bonds. The number of hydrogen-bond acceptors (Lipinski definition) is 8. The maximum absolute atomic E-state index is 13.9. The fraction of sp³-hybridized carbons (Fsp3) is 0.370. The molecule has 2 aromatic carbocycles. The Balaban J connectivity index is 1.84. The zero-order chi connectivity index (χ0) is 30.3. The molecule has 1 heterocycles. The third-order valence-electron chi connectivity index (χ3n) is 6.16. The van der Waals surface area contributed by atoms with Gasteiger partial charge in [0.15, 0.2) is 5.13 Å². The molecule has 0 aliphatic carbocycles. The summed E-state index contributed by atoms with van der Waals surface area (Å²) in [5, 5.41) is 28.9. The monoisotopic (exact) mass is 610 g/mol. The number of anilines is 1. The van der Waals surface area contributed by atoms with Crippen molar-refractivity contribution in [3.05, 3.63) is 82.4 Å². The number of sulfonamides is 1. The third kappa shape index (κ3) is 9.56. The van der Waals surface area contributed by atoms with Gasteiger partial charge in [0.05, 0.1) is 24.3 Å². The Morgan fingerprint density at radius 3 is 2.22 bits per heavy atom. The number of nitrogens with zero attached hydrogens (tertiary/aromatic N) is 1. The molecular formula is C27H32F2N4O6S2. The number of carbonyl (C=O) groups excluding carboxylic acids is 2. The minimum absolute atomic E-state index is 0.0723. The zero-order valence-corrected chi connectivity index (χ0v) is 24.2. The molecule has 10 nitrogen and oxygen atoms in total. The van der Waals surface area contributed by atoms with E-state index in [1.165, 1.54) is 5.38 Å². The van der Waals surface area contributed by atoms with Crippen LogP contribution in [0.2, 0.25) is 0 Å². The standard InChI is InChI=1S/C27H32F2N4O6S2/c1-15(2)22(26(37)30-13-16-7-5-4-6-8-16)24(35)23(34)20(11-17-9-18(28)12-19(29)10-17)31-25(36)21-14-40-27(32-21)33-41(3,38)39/h4-10,12,14-15,20,22-24,34-35H,11,13H2,1-3H3,(H,30,37)(H,31,36)(H,32,33). The second kappa shape index (κ2) is 13.9. The maximum atomic E-state index is 13.9. The van der Waals surface area contributed by atoms with Gasteiger partial charge in [-0.1, -0.05) is 44.2 Å². The fourth-order valence-electron chi connectivity index (χ4n) is 4.27. The average Bonchev–Trinajstić information content (AvgIpc) is 3.33. The summed E-state index contributed by atoms with van der Waals surface area (Å²) in [6.07, 6.45) is -2.84. The molecule has 0 bridgehead atoms. The number of halogens is 2. The third-order valence-corrected chi connectivity index (χ3v) is 7.62. The number of thiazole rings is 1. The summed E-state index contributed by atoms with van der Waals surface area (Å²) >= 11 is 0.845. The molecule has 0 fully saturated rings. The van der Waals surface area contributed by atoms with Gasteiger partial charge in [-0.05, 0) is 35.6 Å². The largest absolute Gasteiger partial charge is 0.390 e. The molecule has 0 aliphatic heterocycles. The fourth-order valence-corrected chi connectivity index (χ4v) is 5.81. The van der Waals surface area contributed by atoms with Crippen molar-refractivity contribution < 1.29 is 37.0 Å². The first-order valence-electron chi connectivity index (χ1n) is 12.6. The van der Waals surface area contributed by atoms with E-state index in [0.29, 0.717) is 6.07 Å². The van der Waals surface area contributed by atoms with E-state index in [9.17, 15) is 37.0 Å². The molecule has 0 saturated carbocycles. The summed E-state index contributed by atoms with van der Waals surface area (Å²) in [6.45, 7) is 3.55. The van der Waals surface area contributed by atoms with E-state index in [4.69, 9.17) is 0 Å². The highest BCUT2D eigenvalue weighted by atomic mass is 32.2. The minimum Gasteiger partial charge on any atom is -0.390 e. The molecule has 4 unspecified atom stereocenters. The summed E-state index contributed by atoms with van der Waals surface area (Å²) in [5.74, 6) is -4.68. The van der Waals surface area contributed by atoms with E-state index in [1.54, 1.807) is 13.8 Å². The molecule has 14 heteroatoms. The average molecular weight is 611 g/mol. The highest BCUT2D eigenvalue weighted by molar-refractivity contribution is 7.92. The number of aliphatic hydroxyl groups is 2. The van der Waals surface area contributed by atoms with Crippen molar-refractivity contribution in [1.29, 1.82) is 0 Å². The highest BCUT2D eigenvalue weighted by Crippen LogP contribution is 2.23. The second-order valence-corrected chi connectivity index (χ2v) is 12.5. The lowest BCUT2D eigenvalue weighted by Crippen LogP contribution is -2.55. The number of carbonyl (C=O) groups is 2. The Hall–Kier alpha value is -3.46. The number of aliphatic hydroxyl groups excluding tert-OH is 2. The van der Waals surface area contributed by atoms with E-state index in [0.717, 1.165) is 35.3 Å². The van der Waals surface area contributed by atoms with Crippen molar-refractivity contribution in [2.75, 3.05) is 11.0 Å². The first-order chi connectivity index (χ1) is 19.2. The van der Waals surface area contributed by atoms with Gasteiger partial charge in [0, 0.05) is 18.0 Å². The van der Waals surface area contributed by atoms with E-state index in [-0.39, 0.29) is 29.4 Å². The van der Waals surface area contributed by atoms with Crippen molar-refractivity contribution in [3.63, 3.8) is 0 Å². The van der Waals surface area contributed by atoms with Crippen molar-refractivity contribution in [3.8, 4) is 0 Å². The van der Waals surface area contributed by atoms with Crippen LogP contribution in [0.4, 0.5) is 13.9 Å². The first kappa shape index (κ1) is 32.1. The Morgan fingerprint density at radius 1 is 1.00 bits per heavy atom. The Bertz CT molecular complexity index is 1430. The molecule has 0 radical (unpaired) electrons. The van der Waals surface area contributed by atoms with Crippen LogP contribution in [0.3, 0.4) is 0 Å². The van der Waals surface area contributed by atoms with Crippen LogP contribution < -0.4 is 15.4 Å². The van der Waals surface area contributed by atoms with Crippen LogP contribution in [-0.4, -0.2) is 59.9 Å². The summed E-state index contributed by atoms with van der Waals surface area (Å²) in [5.41, 5.74) is 0.704. The minimum atomic E-state index is -3.65. The van der Waals surface area contributed by atoms with Crippen LogP contribution in [-0.2, 0) is 27.8 Å². The van der Waals surface area contributed by atoms with E-state index >= 15 is 0 Å². The predicted octanol–water partition coefficient (Wildman–Crippen LogP) is 2.44. The van der Waals surface area contributed by atoms with Crippen molar-refractivity contribution in [1.82, 2.24) is 15.6 Å². The molecular weight excluding hydrogens is 578 g/mol. The number of rotatable bonds is 13. The van der Waals surface area contributed by atoms with Crippen LogP contribution in [0, 0.1) is 23.5 Å². The summed E-state index contributed by atoms with van der Waals surface area (Å²) in [7, 11) is -3.65. The van der Waals surface area contributed by atoms with Crippen molar-refractivity contribution >= 4 is 38.3 Å². The van der Waals surface area contributed by atoms with Crippen LogP contribution in [0.25, 0.3) is 0 Å². The van der Waals surface area contributed by atoms with E-state index in [1.807, 2.05) is 30.3 Å². The van der Waals surface area contributed by atoms with Crippen molar-refractivity contribution in [2.45, 2.75) is 45.1 Å². The Morgan fingerprint density at radius 2 is 1.63 bits per heavy atom. The quantitative estimate of drug-likeness (QED) is 0.199. The van der Waals surface area contributed by atoms with Gasteiger partial charge < -0.3 is 20.8 Å². The molecule has 0 aliphatic rings. The van der Waals surface area contributed by atoms with Crippen molar-refractivity contribution in [2.24, 2.45) is 11.8 Å². The molecule has 1 aromatic heterocycles. The highest BCUT2D eigenvalue weighted by Gasteiger charge is 2.39. The van der Waals surface area contributed by atoms with Crippen LogP contribution in [0.5, 0.6) is 0 Å². The Labute approximate surface area is 240 Å². The van der Waals surface area contributed by atoms with Crippen LogP contribution in [0.1, 0.15) is 35.5 Å². The molecule has 5 N–H and O–H groups in total. The maximum Gasteiger partial charge on any atom is 0.271 e. The van der Waals surface area contributed by atoms with Gasteiger partial charge in [0.2, 0.25) is 15.9 Å². The first-order valence-corrected chi connectivity index (χ1v) is 15.4. The SMILES string of the molecule is CC(C)C(C(=O)NCc1ccccc1)C(O)C(O)C(Cc1cc(F)cc(F)c1)NC(=O)c1csc(NS(C)(=O)=O)n1. The zero-order valence-electron chi connectivity index (χ0n) is 22.5. The van der Waals surface area contributed by atoms with Gasteiger partial charge >= 0.3 is 0 Å². The number of aromatic nitrogens is 1. The molecule has 4 atom stereocenters. The van der Waals surface area contributed by atoms with Gasteiger partial charge in [-0.3, -0.25) is 14.3 Å². The number of benzene rings is 2. The smallest absolute Gasteiger partial charge is 0.271 e. The van der Waals surface area contributed by atoms with E-state index in [2.05, 4.69) is 20.3 Å². The Kier molecular flexibility index (Phi) is 10.9. The number of nitrogens with one attached hydrogen (secondary N) is 3. The van der Waals surface area contributed by atoms with Gasteiger partial charge in [0.25, 0.3) is 5.91 Å². The van der Waals surface area contributed by atoms with Crippen LogP contribution >= 0.6 is 11.3 Å². The number of amides is 2. The van der Waals surface area contributed by atoms with Gasteiger partial charge in [-0.2, -0.15) is 0 Å². The lowest BCUT2D eigenvalue weighted by molar-refractivity contribution is -0.135. The predicted molar refractivity (Wildman–Crippen MR) is 151 cm³/mol. The van der Waals surface area contributed by atoms with Gasteiger partial charge in [-0.25, -0.2) is 22.2 Å².